The fraction of sp³-hybridized carbons (Fsp3) is 0.455. The van der Waals surface area contributed by atoms with Crippen LogP contribution < -0.4 is 4.74 Å². The van der Waals surface area contributed by atoms with E-state index in [1.54, 1.807) is 25.3 Å². The van der Waals surface area contributed by atoms with Gasteiger partial charge in [-0.1, -0.05) is 18.2 Å². The van der Waals surface area contributed by atoms with Gasteiger partial charge in [0.1, 0.15) is 18.5 Å². The summed E-state index contributed by atoms with van der Waals surface area (Å²) in [6.07, 6.45) is -1.01. The molecule has 0 saturated heterocycles. The molecule has 0 heterocycles. The van der Waals surface area contributed by atoms with Crippen LogP contribution in [0.3, 0.4) is 0 Å². The largest absolute Gasteiger partial charge is 0.491 e. The maximum atomic E-state index is 13.1. The number of alkyl halides is 1. The molecule has 0 aliphatic carbocycles. The van der Waals surface area contributed by atoms with E-state index in [2.05, 4.69) is 0 Å². The molecule has 0 radical (unpaired) electrons. The zero-order chi connectivity index (χ0) is 10.4. The molecule has 0 fully saturated rings. The number of para-hydroxylation sites is 1. The molecule has 1 atom stereocenters. The van der Waals surface area contributed by atoms with Crippen molar-refractivity contribution >= 4 is 0 Å². The first-order chi connectivity index (χ1) is 6.75. The first-order valence-electron chi connectivity index (χ1n) is 4.60. The summed E-state index contributed by atoms with van der Waals surface area (Å²) >= 11 is 0. The normalized spacial score (nSPS) is 12.5. The third-order valence-electron chi connectivity index (χ3n) is 1.89. The summed E-state index contributed by atoms with van der Waals surface area (Å²) in [4.78, 5) is 0. The summed E-state index contributed by atoms with van der Waals surface area (Å²) in [5.41, 5.74) is 0.587. The van der Waals surface area contributed by atoms with Crippen LogP contribution in [0.15, 0.2) is 24.3 Å². The molecule has 3 heteroatoms. The summed E-state index contributed by atoms with van der Waals surface area (Å²) in [5.74, 6) is 0.597. The van der Waals surface area contributed by atoms with E-state index in [1.807, 2.05) is 6.07 Å². The van der Waals surface area contributed by atoms with Gasteiger partial charge in [0.25, 0.3) is 0 Å². The Bertz CT molecular complexity index is 274. The van der Waals surface area contributed by atoms with Crippen molar-refractivity contribution in [2.75, 3.05) is 20.3 Å². The first kappa shape index (κ1) is 11.0. The molecule has 0 aliphatic heterocycles. The Kier molecular flexibility index (Phi) is 4.40. The van der Waals surface area contributed by atoms with Crippen molar-refractivity contribution in [1.29, 1.82) is 0 Å². The summed E-state index contributed by atoms with van der Waals surface area (Å²) < 4.78 is 23.3. The van der Waals surface area contributed by atoms with Crippen molar-refractivity contribution < 1.29 is 13.9 Å². The van der Waals surface area contributed by atoms with Crippen molar-refractivity contribution in [3.8, 4) is 5.75 Å². The second-order valence-corrected chi connectivity index (χ2v) is 3.00. The number of halogens is 1. The van der Waals surface area contributed by atoms with Crippen LogP contribution in [0.25, 0.3) is 0 Å². The Balaban J connectivity index is 2.64. The third kappa shape index (κ3) is 3.00. The van der Waals surface area contributed by atoms with Crippen LogP contribution in [-0.4, -0.2) is 20.3 Å². The van der Waals surface area contributed by atoms with Crippen LogP contribution in [0, 0.1) is 0 Å². The standard InChI is InChI=1S/C11H15FO2/c1-9(12)10-5-3-4-6-11(10)14-8-7-13-2/h3-6,9H,7-8H2,1-2H3. The number of methoxy groups -OCH3 is 1. The summed E-state index contributed by atoms with van der Waals surface area (Å²) in [7, 11) is 1.60. The van der Waals surface area contributed by atoms with E-state index in [9.17, 15) is 4.39 Å². The van der Waals surface area contributed by atoms with Gasteiger partial charge in [0.2, 0.25) is 0 Å². The van der Waals surface area contributed by atoms with Gasteiger partial charge in [-0.05, 0) is 13.0 Å². The van der Waals surface area contributed by atoms with E-state index in [4.69, 9.17) is 9.47 Å². The van der Waals surface area contributed by atoms with Crippen LogP contribution in [0.2, 0.25) is 0 Å². The molecule has 78 valence electrons. The molecule has 1 aromatic carbocycles. The summed E-state index contributed by atoms with van der Waals surface area (Å²) in [6, 6.07) is 7.12. The Labute approximate surface area is 83.6 Å². The zero-order valence-electron chi connectivity index (χ0n) is 8.50. The fourth-order valence-electron chi connectivity index (χ4n) is 1.18. The Hall–Kier alpha value is -1.09. The minimum absolute atomic E-state index is 0.445. The van der Waals surface area contributed by atoms with Gasteiger partial charge >= 0.3 is 0 Å². The second kappa shape index (κ2) is 5.60. The molecule has 14 heavy (non-hydrogen) atoms. The number of rotatable bonds is 5. The van der Waals surface area contributed by atoms with Crippen molar-refractivity contribution in [2.24, 2.45) is 0 Å². The van der Waals surface area contributed by atoms with Crippen LogP contribution >= 0.6 is 0 Å². The molecule has 1 aromatic rings. The maximum Gasteiger partial charge on any atom is 0.126 e. The molecule has 0 saturated carbocycles. The highest BCUT2D eigenvalue weighted by molar-refractivity contribution is 5.34. The molecule has 0 amide bonds. The van der Waals surface area contributed by atoms with E-state index in [1.165, 1.54) is 6.92 Å². The number of hydrogen-bond acceptors (Lipinski definition) is 2. The Morgan fingerprint density at radius 2 is 2.00 bits per heavy atom. The number of benzene rings is 1. The number of hydrogen-bond donors (Lipinski definition) is 0. The van der Waals surface area contributed by atoms with Gasteiger partial charge in [-0.3, -0.25) is 0 Å². The maximum absolute atomic E-state index is 13.1. The van der Waals surface area contributed by atoms with E-state index in [-0.39, 0.29) is 0 Å². The van der Waals surface area contributed by atoms with E-state index >= 15 is 0 Å². The van der Waals surface area contributed by atoms with Crippen LogP contribution in [0.1, 0.15) is 18.7 Å². The van der Waals surface area contributed by atoms with Crippen molar-refractivity contribution in [1.82, 2.24) is 0 Å². The fourth-order valence-corrected chi connectivity index (χ4v) is 1.18. The van der Waals surface area contributed by atoms with Gasteiger partial charge in [0.15, 0.2) is 0 Å². The van der Waals surface area contributed by atoms with E-state index in [0.29, 0.717) is 24.5 Å². The monoisotopic (exact) mass is 198 g/mol. The topological polar surface area (TPSA) is 18.5 Å². The lowest BCUT2D eigenvalue weighted by Crippen LogP contribution is -2.06. The predicted octanol–water partition coefficient (Wildman–Crippen LogP) is 2.74. The van der Waals surface area contributed by atoms with Crippen molar-refractivity contribution in [3.05, 3.63) is 29.8 Å². The molecular weight excluding hydrogens is 183 g/mol. The smallest absolute Gasteiger partial charge is 0.126 e. The molecule has 0 N–H and O–H groups in total. The first-order valence-corrected chi connectivity index (χ1v) is 4.60. The molecule has 0 aliphatic rings. The van der Waals surface area contributed by atoms with E-state index < -0.39 is 6.17 Å². The van der Waals surface area contributed by atoms with Gasteiger partial charge in [0, 0.05) is 12.7 Å². The van der Waals surface area contributed by atoms with Crippen LogP contribution in [-0.2, 0) is 4.74 Å². The molecular formula is C11H15FO2. The lowest BCUT2D eigenvalue weighted by Gasteiger charge is -2.11. The van der Waals surface area contributed by atoms with Gasteiger partial charge in [-0.15, -0.1) is 0 Å². The lowest BCUT2D eigenvalue weighted by atomic mass is 10.1. The van der Waals surface area contributed by atoms with Gasteiger partial charge < -0.3 is 9.47 Å². The number of ether oxygens (including phenoxy) is 2. The average Bonchev–Trinajstić information content (AvgIpc) is 2.19. The summed E-state index contributed by atoms with van der Waals surface area (Å²) in [5, 5.41) is 0. The Morgan fingerprint density at radius 1 is 1.29 bits per heavy atom. The average molecular weight is 198 g/mol. The highest BCUT2D eigenvalue weighted by Crippen LogP contribution is 2.26. The summed E-state index contributed by atoms with van der Waals surface area (Å²) in [6.45, 7) is 2.45. The quantitative estimate of drug-likeness (QED) is 0.677. The highest BCUT2D eigenvalue weighted by atomic mass is 19.1. The SMILES string of the molecule is COCCOc1ccccc1C(C)F. The third-order valence-corrected chi connectivity index (χ3v) is 1.89. The molecule has 0 aromatic heterocycles. The molecule has 1 unspecified atom stereocenters. The lowest BCUT2D eigenvalue weighted by molar-refractivity contribution is 0.144. The minimum atomic E-state index is -1.01. The van der Waals surface area contributed by atoms with Crippen LogP contribution in [0.4, 0.5) is 4.39 Å². The van der Waals surface area contributed by atoms with Crippen LogP contribution in [0.5, 0.6) is 5.75 Å². The zero-order valence-corrected chi connectivity index (χ0v) is 8.50. The van der Waals surface area contributed by atoms with Crippen molar-refractivity contribution in [3.63, 3.8) is 0 Å². The molecule has 0 spiro atoms. The van der Waals surface area contributed by atoms with Gasteiger partial charge in [0.05, 0.1) is 6.61 Å². The molecule has 1 rings (SSSR count). The second-order valence-electron chi connectivity index (χ2n) is 3.00. The minimum Gasteiger partial charge on any atom is -0.491 e. The van der Waals surface area contributed by atoms with Gasteiger partial charge in [-0.25, -0.2) is 4.39 Å². The van der Waals surface area contributed by atoms with E-state index in [0.717, 1.165) is 0 Å². The van der Waals surface area contributed by atoms with Crippen molar-refractivity contribution in [2.45, 2.75) is 13.1 Å². The predicted molar refractivity (Wildman–Crippen MR) is 53.3 cm³/mol. The Morgan fingerprint density at radius 3 is 2.64 bits per heavy atom. The highest BCUT2D eigenvalue weighted by Gasteiger charge is 2.08. The molecule has 2 nitrogen and oxygen atoms in total. The molecule has 0 bridgehead atoms. The van der Waals surface area contributed by atoms with Gasteiger partial charge in [-0.2, -0.15) is 0 Å².